The van der Waals surface area contributed by atoms with Crippen molar-refractivity contribution in [2.24, 2.45) is 0 Å². The molecule has 5 aliphatic rings. The maximum atomic E-state index is 13.0. The number of carbonyl (C=O) groups is 4. The number of aliphatic hydroxyl groups is 19. The van der Waals surface area contributed by atoms with E-state index >= 15 is 0 Å². The highest BCUT2D eigenvalue weighted by molar-refractivity contribution is 5.77. The highest BCUT2D eigenvalue weighted by Gasteiger charge is 2.61. The number of hydrogen-bond donors (Lipinski definition) is 23. The fraction of sp³-hybridized carbons (Fsp3) is 0.911. The van der Waals surface area contributed by atoms with Gasteiger partial charge in [0.1, 0.15) is 134 Å². The number of aliphatic carboxylic acids is 1. The van der Waals surface area contributed by atoms with E-state index in [0.29, 0.717) is 0 Å². The van der Waals surface area contributed by atoms with Crippen LogP contribution in [0.5, 0.6) is 0 Å². The molecule has 0 unspecified atom stereocenters. The molecule has 5 fully saturated rings. The number of carboxylic acids is 1. The van der Waals surface area contributed by atoms with Crippen molar-refractivity contribution >= 4 is 23.7 Å². The Morgan fingerprint density at radius 2 is 1.05 bits per heavy atom. The van der Waals surface area contributed by atoms with Crippen molar-refractivity contribution in [2.45, 2.75) is 211 Å². The third-order valence-corrected chi connectivity index (χ3v) is 14.2. The molecule has 0 saturated carbocycles. The zero-order valence-corrected chi connectivity index (χ0v) is 44.1. The van der Waals surface area contributed by atoms with Crippen LogP contribution in [0.4, 0.5) is 0 Å². The zero-order chi connectivity index (χ0) is 61.4. The molecule has 37 nitrogen and oxygen atoms in total. The van der Waals surface area contributed by atoms with Crippen LogP contribution in [0.15, 0.2) is 0 Å². The van der Waals surface area contributed by atoms with Crippen LogP contribution in [0.25, 0.3) is 0 Å². The Kier molecular flexibility index (Phi) is 25.7. The average molecular weight is 1200 g/mol. The van der Waals surface area contributed by atoms with E-state index in [4.69, 9.17) is 47.4 Å². The minimum atomic E-state index is -3.24. The first-order valence-corrected chi connectivity index (χ1v) is 25.7. The lowest BCUT2D eigenvalue weighted by molar-refractivity contribution is -0.377. The van der Waals surface area contributed by atoms with Crippen LogP contribution >= 0.6 is 0 Å². The van der Waals surface area contributed by atoms with Gasteiger partial charge in [-0.05, 0) is 0 Å². The van der Waals surface area contributed by atoms with Gasteiger partial charge >= 0.3 is 5.97 Å². The minimum absolute atomic E-state index is 0.841. The number of carbonyl (C=O) groups excluding carboxylic acids is 3. The summed E-state index contributed by atoms with van der Waals surface area (Å²) in [4.78, 5) is 50.0. The Morgan fingerprint density at radius 3 is 1.57 bits per heavy atom. The summed E-state index contributed by atoms with van der Waals surface area (Å²) in [6.07, 6.45) is -54.6. The smallest absolute Gasteiger partial charge is 0.364 e. The van der Waals surface area contributed by atoms with Gasteiger partial charge in [-0.25, -0.2) is 4.79 Å². The van der Waals surface area contributed by atoms with Crippen LogP contribution in [0.1, 0.15) is 27.2 Å². The zero-order valence-electron chi connectivity index (χ0n) is 44.1. The molecule has 30 atom stereocenters. The summed E-state index contributed by atoms with van der Waals surface area (Å²) in [5.74, 6) is -7.97. The predicted octanol–water partition coefficient (Wildman–Crippen LogP) is -14.8. The second kappa shape index (κ2) is 30.4. The quantitative estimate of drug-likeness (QED) is 0.0382. The number of aliphatic hydroxyl groups excluding tert-OH is 19. The summed E-state index contributed by atoms with van der Waals surface area (Å²) in [5.41, 5.74) is 0. The lowest BCUT2D eigenvalue weighted by Crippen LogP contribution is -2.70. The fourth-order valence-corrected chi connectivity index (χ4v) is 9.93. The van der Waals surface area contributed by atoms with Crippen molar-refractivity contribution in [3.05, 3.63) is 0 Å². The molecule has 5 heterocycles. The fourth-order valence-electron chi connectivity index (χ4n) is 9.93. The second-order valence-electron chi connectivity index (χ2n) is 20.2. The Labute approximate surface area is 464 Å². The minimum Gasteiger partial charge on any atom is -0.477 e. The maximum absolute atomic E-state index is 13.0. The van der Waals surface area contributed by atoms with Crippen LogP contribution < -0.4 is 16.0 Å². The first kappa shape index (κ1) is 69.5. The average Bonchev–Trinajstić information content (AvgIpc) is 3.64. The van der Waals surface area contributed by atoms with Gasteiger partial charge in [0.25, 0.3) is 5.79 Å². The van der Waals surface area contributed by atoms with Crippen LogP contribution in [0.3, 0.4) is 0 Å². The van der Waals surface area contributed by atoms with Crippen LogP contribution in [0, 0.1) is 0 Å². The van der Waals surface area contributed by atoms with Crippen molar-refractivity contribution < 1.29 is 169 Å². The van der Waals surface area contributed by atoms with E-state index in [0.717, 1.165) is 20.8 Å². The van der Waals surface area contributed by atoms with E-state index in [1.165, 1.54) is 0 Å². The third-order valence-electron chi connectivity index (χ3n) is 14.2. The van der Waals surface area contributed by atoms with Gasteiger partial charge in [0.15, 0.2) is 25.2 Å². The molecule has 0 aromatic heterocycles. The van der Waals surface area contributed by atoms with Crippen LogP contribution in [-0.2, 0) is 66.5 Å². The van der Waals surface area contributed by atoms with Gasteiger partial charge in [0.05, 0.1) is 64.4 Å². The van der Waals surface area contributed by atoms with E-state index in [1.54, 1.807) is 0 Å². The molecule has 5 rings (SSSR count). The molecule has 0 bridgehead atoms. The van der Waals surface area contributed by atoms with Crippen molar-refractivity contribution in [2.75, 3.05) is 46.2 Å². The molecule has 3 amide bonds. The highest BCUT2D eigenvalue weighted by Crippen LogP contribution is 2.39. The summed E-state index contributed by atoms with van der Waals surface area (Å²) in [6.45, 7) is -4.67. The van der Waals surface area contributed by atoms with Crippen molar-refractivity contribution in [3.8, 4) is 0 Å². The number of amides is 3. The van der Waals surface area contributed by atoms with E-state index in [9.17, 15) is 121 Å². The number of nitrogens with one attached hydrogen (secondary N) is 3. The van der Waals surface area contributed by atoms with Gasteiger partial charge in [-0.3, -0.25) is 14.4 Å². The molecule has 37 heteroatoms. The van der Waals surface area contributed by atoms with Gasteiger partial charge in [-0.15, -0.1) is 0 Å². The maximum Gasteiger partial charge on any atom is 0.364 e. The number of hydrogen-bond acceptors (Lipinski definition) is 33. The summed E-state index contributed by atoms with van der Waals surface area (Å²) >= 11 is 0. The molecule has 0 aromatic carbocycles. The Balaban J connectivity index is 1.37. The molecular formula is C45H77N3O34. The molecule has 23 N–H and O–H groups in total. The van der Waals surface area contributed by atoms with E-state index in [-0.39, 0.29) is 0 Å². The summed E-state index contributed by atoms with van der Waals surface area (Å²) in [5, 5.41) is 221. The van der Waals surface area contributed by atoms with E-state index in [2.05, 4.69) is 16.0 Å². The summed E-state index contributed by atoms with van der Waals surface area (Å²) < 4.78 is 56.4. The molecule has 0 radical (unpaired) electrons. The topological polar surface area (TPSA) is 601 Å². The summed E-state index contributed by atoms with van der Waals surface area (Å²) in [7, 11) is 0. The standard InChI is InChI=1S/C45H77N3O34/c1-12(55)46-15(5-49)35(78-43-34(70)39(29(65)21(9-53)76-43)82-45(44(71)72)4-16(58)23(47-13(2)56)37(81-45)25(61)17(59)6-50)26(62)18(60)11-73-40-24(48-14(3)57)30(66)36(22(10-54)77-40)79-42-33(69)38(28(64)20(8-52)75-42)80-41-32(68)31(67)27(63)19(7-51)74-41/h15-43,49-54,58-70H,4-11H2,1-3H3,(H,46,55)(H,47,56)(H,48,57)(H,71,72)/t15-,16-,17+,18+,19+,20+,21+,22+,23+,24+,25+,26-,27-,28-,29-,30+,31-,32+,33+,34+,35+,36+,37+,38-,39-,40+,41-,42-,43-,45-/m0/s1. The van der Waals surface area contributed by atoms with Crippen molar-refractivity contribution in [1.29, 1.82) is 0 Å². The van der Waals surface area contributed by atoms with Gasteiger partial charge < -0.3 is 165 Å². The number of carboxylic acid groups (broad SMARTS) is 1. The molecule has 476 valence electrons. The Bertz CT molecular complexity index is 2040. The van der Waals surface area contributed by atoms with Crippen LogP contribution in [-0.4, -0.2) is 355 Å². The Hall–Kier alpha value is -3.28. The van der Waals surface area contributed by atoms with E-state index < -0.39 is 260 Å². The molecule has 0 aliphatic carbocycles. The van der Waals surface area contributed by atoms with Crippen molar-refractivity contribution in [1.82, 2.24) is 16.0 Å². The lowest BCUT2D eigenvalue weighted by Gasteiger charge is -2.50. The second-order valence-corrected chi connectivity index (χ2v) is 20.2. The summed E-state index contributed by atoms with van der Waals surface area (Å²) in [6, 6.07) is -5.27. The van der Waals surface area contributed by atoms with Crippen molar-refractivity contribution in [3.63, 3.8) is 0 Å². The molecular weight excluding hydrogens is 1130 g/mol. The SMILES string of the molecule is CC(=O)N[C@H]1[C@H](OC[C@@H](O)[C@H](O)[C@H](O[C@@H]2O[C@H](CO)[C@H](O)[C@H](O[C@]3(C(=O)O)C[C@H](O)[C@@H](NC(C)=O)[C@H]([C@H](O)[C@H](O)CO)O3)[C@H]2O)[C@H](CO)NC(C)=O)O[C@H](CO)[C@@H](O[C@@H]2O[C@H](CO)[C@H](O)[C@H](O[C@@H]3O[C@H](CO)[C@H](O)[C@H](O)[C@H]3O)[C@H]2O)[C@@H]1O. The first-order valence-electron chi connectivity index (χ1n) is 25.7. The Morgan fingerprint density at radius 1 is 0.549 bits per heavy atom. The number of rotatable bonds is 26. The van der Waals surface area contributed by atoms with Gasteiger partial charge in [-0.1, -0.05) is 0 Å². The molecule has 0 spiro atoms. The largest absolute Gasteiger partial charge is 0.477 e. The molecule has 5 saturated heterocycles. The first-order chi connectivity index (χ1) is 38.5. The van der Waals surface area contributed by atoms with Gasteiger partial charge in [0.2, 0.25) is 17.7 Å². The van der Waals surface area contributed by atoms with Gasteiger partial charge in [-0.2, -0.15) is 0 Å². The van der Waals surface area contributed by atoms with Crippen LogP contribution in [0.2, 0.25) is 0 Å². The third kappa shape index (κ3) is 15.8. The van der Waals surface area contributed by atoms with Gasteiger partial charge in [0, 0.05) is 27.2 Å². The highest BCUT2D eigenvalue weighted by atomic mass is 16.8. The normalized spacial score (nSPS) is 42.2. The van der Waals surface area contributed by atoms with E-state index in [1.807, 2.05) is 0 Å². The predicted molar refractivity (Wildman–Crippen MR) is 253 cm³/mol. The molecule has 0 aromatic rings. The lowest BCUT2D eigenvalue weighted by atomic mass is 9.88. The number of ether oxygens (including phenoxy) is 10. The monoisotopic (exact) mass is 1200 g/mol. The molecule has 5 aliphatic heterocycles. The molecule has 82 heavy (non-hydrogen) atoms.